The smallest absolute Gasteiger partial charge is 0.406 e. The van der Waals surface area contributed by atoms with E-state index in [1.54, 1.807) is 25.1 Å². The lowest BCUT2D eigenvalue weighted by Gasteiger charge is -2.21. The van der Waals surface area contributed by atoms with Crippen molar-refractivity contribution in [2.45, 2.75) is 30.1 Å². The van der Waals surface area contributed by atoms with E-state index in [0.29, 0.717) is 5.56 Å². The molecule has 0 radical (unpaired) electrons. The topological polar surface area (TPSA) is 118 Å². The van der Waals surface area contributed by atoms with Gasteiger partial charge in [0.2, 0.25) is 0 Å². The SMILES string of the molecule is CC(c1ccncc1NS(=O)(=O)c1ccccc1)C1NC(=O)N(c2ccc(OC(F)(F)F)cc2)C1=O. The molecular formula is C23H19F3N4O5S. The second-order valence-corrected chi connectivity index (χ2v) is 9.50. The van der Waals surface area contributed by atoms with E-state index in [9.17, 15) is 31.2 Å². The summed E-state index contributed by atoms with van der Waals surface area (Å²) in [6.45, 7) is 1.63. The Morgan fingerprint density at radius 2 is 1.72 bits per heavy atom. The standard InChI is InChI=1S/C23H19F3N4O5S/c1-14(18-11-12-27-13-19(18)29-36(33,34)17-5-3-2-4-6-17)20-21(31)30(22(32)28-20)15-7-9-16(10-8-15)35-23(24,25)26/h2-14,20,29H,1H3,(H,28,32). The lowest BCUT2D eigenvalue weighted by atomic mass is 9.93. The number of hydrogen-bond acceptors (Lipinski definition) is 6. The number of aromatic nitrogens is 1. The number of halogens is 3. The van der Waals surface area contributed by atoms with Crippen LogP contribution < -0.4 is 19.7 Å². The average molecular weight is 520 g/mol. The van der Waals surface area contributed by atoms with Crippen LogP contribution in [0.3, 0.4) is 0 Å². The number of carbonyl (C=O) groups is 2. The van der Waals surface area contributed by atoms with Crippen molar-refractivity contribution >= 4 is 33.3 Å². The van der Waals surface area contributed by atoms with Crippen LogP contribution in [0.4, 0.5) is 29.3 Å². The molecule has 188 valence electrons. The zero-order valence-electron chi connectivity index (χ0n) is 18.6. The fraction of sp³-hybridized carbons (Fsp3) is 0.174. The summed E-state index contributed by atoms with van der Waals surface area (Å²) in [5, 5.41) is 2.55. The molecule has 4 rings (SSSR count). The van der Waals surface area contributed by atoms with Gasteiger partial charge < -0.3 is 10.1 Å². The molecule has 36 heavy (non-hydrogen) atoms. The molecule has 1 fully saturated rings. The van der Waals surface area contributed by atoms with Gasteiger partial charge in [-0.15, -0.1) is 13.2 Å². The van der Waals surface area contributed by atoms with E-state index in [2.05, 4.69) is 19.8 Å². The van der Waals surface area contributed by atoms with Gasteiger partial charge in [-0.05, 0) is 48.0 Å². The first-order valence-electron chi connectivity index (χ1n) is 10.5. The highest BCUT2D eigenvalue weighted by Crippen LogP contribution is 2.33. The molecule has 9 nitrogen and oxygen atoms in total. The highest BCUT2D eigenvalue weighted by atomic mass is 32.2. The fourth-order valence-electron chi connectivity index (χ4n) is 3.75. The molecule has 0 spiro atoms. The van der Waals surface area contributed by atoms with Crippen molar-refractivity contribution < 1.29 is 35.9 Å². The summed E-state index contributed by atoms with van der Waals surface area (Å²) < 4.78 is 69.1. The maximum Gasteiger partial charge on any atom is 0.573 e. The molecule has 0 saturated carbocycles. The molecule has 1 aliphatic rings. The first-order chi connectivity index (χ1) is 17.0. The molecule has 3 amide bonds. The van der Waals surface area contributed by atoms with Gasteiger partial charge in [0, 0.05) is 12.1 Å². The van der Waals surface area contributed by atoms with Crippen molar-refractivity contribution in [1.29, 1.82) is 0 Å². The third-order valence-corrected chi connectivity index (χ3v) is 6.82. The molecule has 1 aliphatic heterocycles. The Morgan fingerprint density at radius 3 is 2.36 bits per heavy atom. The van der Waals surface area contributed by atoms with E-state index in [1.807, 2.05) is 0 Å². The second kappa shape index (κ2) is 9.49. The van der Waals surface area contributed by atoms with E-state index in [1.165, 1.54) is 30.6 Å². The van der Waals surface area contributed by atoms with Crippen LogP contribution in [0.2, 0.25) is 0 Å². The van der Waals surface area contributed by atoms with E-state index < -0.39 is 46.0 Å². The minimum absolute atomic E-state index is 0.0295. The van der Waals surface area contributed by atoms with Gasteiger partial charge in [0.15, 0.2) is 0 Å². The summed E-state index contributed by atoms with van der Waals surface area (Å²) in [6.07, 6.45) is -2.16. The number of nitrogens with zero attached hydrogens (tertiary/aromatic N) is 2. The molecule has 3 aromatic rings. The number of imide groups is 1. The molecule has 0 aliphatic carbocycles. The first-order valence-corrected chi connectivity index (χ1v) is 12.0. The molecule has 1 saturated heterocycles. The first kappa shape index (κ1) is 25.0. The van der Waals surface area contributed by atoms with Gasteiger partial charge in [0.05, 0.1) is 22.5 Å². The number of anilines is 2. The van der Waals surface area contributed by atoms with Gasteiger partial charge in [-0.3, -0.25) is 14.5 Å². The summed E-state index contributed by atoms with van der Waals surface area (Å²) >= 11 is 0. The molecule has 2 N–H and O–H groups in total. The van der Waals surface area contributed by atoms with E-state index >= 15 is 0 Å². The molecule has 0 bridgehead atoms. The molecule has 2 aromatic carbocycles. The number of rotatable bonds is 7. The van der Waals surface area contributed by atoms with Crippen LogP contribution in [0.25, 0.3) is 0 Å². The molecule has 2 unspecified atom stereocenters. The maximum atomic E-state index is 13.1. The Balaban J connectivity index is 1.56. The van der Waals surface area contributed by atoms with Crippen LogP contribution in [0.1, 0.15) is 18.4 Å². The highest BCUT2D eigenvalue weighted by molar-refractivity contribution is 7.92. The Bertz CT molecular complexity index is 1380. The largest absolute Gasteiger partial charge is 0.573 e. The third kappa shape index (κ3) is 5.25. The van der Waals surface area contributed by atoms with E-state index in [0.717, 1.165) is 29.2 Å². The van der Waals surface area contributed by atoms with Gasteiger partial charge >= 0.3 is 12.4 Å². The predicted octanol–water partition coefficient (Wildman–Crippen LogP) is 4.01. The number of nitrogens with one attached hydrogen (secondary N) is 2. The number of carbonyl (C=O) groups excluding carboxylic acids is 2. The zero-order valence-corrected chi connectivity index (χ0v) is 19.4. The van der Waals surface area contributed by atoms with Crippen LogP contribution in [0, 0.1) is 0 Å². The monoisotopic (exact) mass is 520 g/mol. The summed E-state index contributed by atoms with van der Waals surface area (Å²) in [5.74, 6) is -1.86. The van der Waals surface area contributed by atoms with Crippen LogP contribution in [-0.2, 0) is 14.8 Å². The normalized spacial score (nSPS) is 17.0. The summed E-state index contributed by atoms with van der Waals surface area (Å²) in [5.41, 5.74) is 0.573. The quantitative estimate of drug-likeness (QED) is 0.455. The molecule has 2 atom stereocenters. The molecule has 13 heteroatoms. The predicted molar refractivity (Wildman–Crippen MR) is 123 cm³/mol. The number of amides is 3. The average Bonchev–Trinajstić information content (AvgIpc) is 3.12. The highest BCUT2D eigenvalue weighted by Gasteiger charge is 2.43. The number of hydrogen-bond donors (Lipinski definition) is 2. The van der Waals surface area contributed by atoms with Crippen molar-refractivity contribution in [2.75, 3.05) is 9.62 Å². The third-order valence-electron chi connectivity index (χ3n) is 5.44. The Hall–Kier alpha value is -4.13. The van der Waals surface area contributed by atoms with Crippen LogP contribution in [0.15, 0.2) is 78.0 Å². The van der Waals surface area contributed by atoms with Crippen molar-refractivity contribution in [3.05, 3.63) is 78.6 Å². The number of ether oxygens (including phenoxy) is 1. The lowest BCUT2D eigenvalue weighted by Crippen LogP contribution is -2.35. The van der Waals surface area contributed by atoms with Crippen molar-refractivity contribution in [2.24, 2.45) is 0 Å². The Morgan fingerprint density at radius 1 is 1.06 bits per heavy atom. The van der Waals surface area contributed by atoms with Crippen molar-refractivity contribution in [3.63, 3.8) is 0 Å². The van der Waals surface area contributed by atoms with Crippen LogP contribution in [-0.4, -0.2) is 37.7 Å². The Labute approximate surface area is 204 Å². The summed E-state index contributed by atoms with van der Waals surface area (Å²) in [6, 6.07) is 11.6. The number of urea groups is 1. The number of sulfonamides is 1. The van der Waals surface area contributed by atoms with Crippen molar-refractivity contribution in [1.82, 2.24) is 10.3 Å². The minimum atomic E-state index is -4.88. The number of pyridine rings is 1. The van der Waals surface area contributed by atoms with E-state index in [-0.39, 0.29) is 16.3 Å². The molecular weight excluding hydrogens is 501 g/mol. The van der Waals surface area contributed by atoms with Gasteiger partial charge in [-0.25, -0.2) is 18.1 Å². The maximum absolute atomic E-state index is 13.1. The van der Waals surface area contributed by atoms with Gasteiger partial charge in [-0.1, -0.05) is 25.1 Å². The second-order valence-electron chi connectivity index (χ2n) is 7.81. The van der Waals surface area contributed by atoms with Gasteiger partial charge in [0.25, 0.3) is 15.9 Å². The van der Waals surface area contributed by atoms with Gasteiger partial charge in [-0.2, -0.15) is 0 Å². The minimum Gasteiger partial charge on any atom is -0.406 e. The van der Waals surface area contributed by atoms with Crippen molar-refractivity contribution in [3.8, 4) is 5.75 Å². The molecule has 2 heterocycles. The van der Waals surface area contributed by atoms with Crippen LogP contribution in [0.5, 0.6) is 5.75 Å². The summed E-state index contributed by atoms with van der Waals surface area (Å²) in [4.78, 5) is 30.5. The zero-order chi connectivity index (χ0) is 26.1. The Kier molecular flexibility index (Phi) is 6.59. The number of alkyl halides is 3. The molecule has 1 aromatic heterocycles. The fourth-order valence-corrected chi connectivity index (χ4v) is 4.84. The van der Waals surface area contributed by atoms with Crippen LogP contribution >= 0.6 is 0 Å². The lowest BCUT2D eigenvalue weighted by molar-refractivity contribution is -0.274. The number of benzene rings is 2. The van der Waals surface area contributed by atoms with E-state index in [4.69, 9.17) is 0 Å². The summed E-state index contributed by atoms with van der Waals surface area (Å²) in [7, 11) is -3.95. The van der Waals surface area contributed by atoms with Gasteiger partial charge in [0.1, 0.15) is 11.8 Å².